The summed E-state index contributed by atoms with van der Waals surface area (Å²) in [6.45, 7) is 3.97. The maximum absolute atomic E-state index is 10.8. The van der Waals surface area contributed by atoms with Crippen molar-refractivity contribution in [1.82, 2.24) is 0 Å². The van der Waals surface area contributed by atoms with Gasteiger partial charge in [-0.1, -0.05) is 11.6 Å². The van der Waals surface area contributed by atoms with Gasteiger partial charge >= 0.3 is 5.97 Å². The summed E-state index contributed by atoms with van der Waals surface area (Å²) < 4.78 is 0. The molecule has 0 radical (unpaired) electrons. The van der Waals surface area contributed by atoms with Crippen LogP contribution in [0.5, 0.6) is 0 Å². The maximum atomic E-state index is 10.8. The van der Waals surface area contributed by atoms with Crippen molar-refractivity contribution in [2.45, 2.75) is 36.5 Å². The third-order valence-corrected chi connectivity index (χ3v) is 4.53. The van der Waals surface area contributed by atoms with Crippen molar-refractivity contribution in [2.24, 2.45) is 0 Å². The number of thioether (sulfide) groups is 1. The van der Waals surface area contributed by atoms with Crippen molar-refractivity contribution in [3.05, 3.63) is 22.7 Å². The molecule has 0 bridgehead atoms. The predicted octanol–water partition coefficient (Wildman–Crippen LogP) is 3.40. The molecule has 3 nitrogen and oxygen atoms in total. The van der Waals surface area contributed by atoms with Gasteiger partial charge in [0.25, 0.3) is 0 Å². The zero-order valence-electron chi connectivity index (χ0n) is 9.66. The average Bonchev–Trinajstić information content (AvgIpc) is 2.20. The Balaban J connectivity index is 2.30. The van der Waals surface area contributed by atoms with Gasteiger partial charge in [0, 0.05) is 16.2 Å². The summed E-state index contributed by atoms with van der Waals surface area (Å²) in [6.07, 6.45) is 0.157. The first kappa shape index (κ1) is 12.6. The number of hydrogen-bond acceptors (Lipinski definition) is 3. The van der Waals surface area contributed by atoms with Crippen molar-refractivity contribution >= 4 is 35.0 Å². The highest BCUT2D eigenvalue weighted by molar-refractivity contribution is 8.00. The van der Waals surface area contributed by atoms with E-state index in [1.165, 1.54) is 0 Å². The molecule has 2 rings (SSSR count). The molecular weight excluding hydrogens is 258 g/mol. The van der Waals surface area contributed by atoms with Gasteiger partial charge in [-0.05, 0) is 31.5 Å². The molecule has 0 aliphatic carbocycles. The SMILES string of the molecule is Cc1cc(Cl)c2c(c1)SC(CC(=O)O)C(C)N2. The van der Waals surface area contributed by atoms with E-state index in [-0.39, 0.29) is 17.7 Å². The van der Waals surface area contributed by atoms with E-state index in [2.05, 4.69) is 5.32 Å². The van der Waals surface area contributed by atoms with Crippen LogP contribution in [-0.2, 0) is 4.79 Å². The molecule has 1 aromatic carbocycles. The lowest BCUT2D eigenvalue weighted by Gasteiger charge is -2.31. The van der Waals surface area contributed by atoms with Gasteiger partial charge in [-0.25, -0.2) is 0 Å². The fourth-order valence-electron chi connectivity index (χ4n) is 1.92. The minimum Gasteiger partial charge on any atom is -0.481 e. The highest BCUT2D eigenvalue weighted by atomic mass is 35.5. The number of aryl methyl sites for hydroxylation is 1. The molecular formula is C12H14ClNO2S. The molecule has 17 heavy (non-hydrogen) atoms. The summed E-state index contributed by atoms with van der Waals surface area (Å²) in [6, 6.07) is 4.06. The Labute approximate surface area is 110 Å². The second kappa shape index (κ2) is 4.78. The Hall–Kier alpha value is -0.870. The Morgan fingerprint density at radius 3 is 2.94 bits per heavy atom. The van der Waals surface area contributed by atoms with E-state index < -0.39 is 5.97 Å². The number of carboxylic acid groups (broad SMARTS) is 1. The number of carboxylic acids is 1. The topological polar surface area (TPSA) is 49.3 Å². The molecule has 0 amide bonds. The van der Waals surface area contributed by atoms with Crippen molar-refractivity contribution in [2.75, 3.05) is 5.32 Å². The molecule has 2 N–H and O–H groups in total. The average molecular weight is 272 g/mol. The van der Waals surface area contributed by atoms with E-state index in [0.29, 0.717) is 5.02 Å². The lowest BCUT2D eigenvalue weighted by molar-refractivity contribution is -0.137. The lowest BCUT2D eigenvalue weighted by atomic mass is 10.1. The lowest BCUT2D eigenvalue weighted by Crippen LogP contribution is -2.33. The summed E-state index contributed by atoms with van der Waals surface area (Å²) >= 11 is 7.77. The van der Waals surface area contributed by atoms with Crippen LogP contribution in [0, 0.1) is 6.92 Å². The zero-order valence-corrected chi connectivity index (χ0v) is 11.2. The number of halogens is 1. The van der Waals surface area contributed by atoms with Crippen molar-refractivity contribution in [3.63, 3.8) is 0 Å². The number of carbonyl (C=O) groups is 1. The molecule has 2 atom stereocenters. The summed E-state index contributed by atoms with van der Waals surface area (Å²) in [5.74, 6) is -0.765. The number of anilines is 1. The third kappa shape index (κ3) is 2.69. The largest absolute Gasteiger partial charge is 0.481 e. The molecule has 0 saturated carbocycles. The normalized spacial score (nSPS) is 22.8. The van der Waals surface area contributed by atoms with Gasteiger partial charge in [0.15, 0.2) is 0 Å². The molecule has 5 heteroatoms. The molecule has 1 aromatic rings. The van der Waals surface area contributed by atoms with Gasteiger partial charge in [0.05, 0.1) is 17.1 Å². The van der Waals surface area contributed by atoms with Crippen LogP contribution < -0.4 is 5.32 Å². The van der Waals surface area contributed by atoms with Crippen LogP contribution in [0.4, 0.5) is 5.69 Å². The van der Waals surface area contributed by atoms with Crippen LogP contribution >= 0.6 is 23.4 Å². The smallest absolute Gasteiger partial charge is 0.304 e. The summed E-state index contributed by atoms with van der Waals surface area (Å²) in [4.78, 5) is 11.8. The Kier molecular flexibility index (Phi) is 3.54. The van der Waals surface area contributed by atoms with Crippen LogP contribution in [-0.4, -0.2) is 22.4 Å². The van der Waals surface area contributed by atoms with E-state index in [4.69, 9.17) is 16.7 Å². The highest BCUT2D eigenvalue weighted by Gasteiger charge is 2.28. The van der Waals surface area contributed by atoms with E-state index in [1.807, 2.05) is 26.0 Å². The fourth-order valence-corrected chi connectivity index (χ4v) is 3.67. The monoisotopic (exact) mass is 271 g/mol. The van der Waals surface area contributed by atoms with Gasteiger partial charge in [-0.15, -0.1) is 11.8 Å². The minimum atomic E-state index is -0.765. The highest BCUT2D eigenvalue weighted by Crippen LogP contribution is 2.43. The van der Waals surface area contributed by atoms with Crippen molar-refractivity contribution in [3.8, 4) is 0 Å². The second-order valence-electron chi connectivity index (χ2n) is 4.31. The second-order valence-corrected chi connectivity index (χ2v) is 6.00. The van der Waals surface area contributed by atoms with E-state index in [9.17, 15) is 4.79 Å². The number of hydrogen-bond donors (Lipinski definition) is 2. The summed E-state index contributed by atoms with van der Waals surface area (Å²) in [5, 5.41) is 12.9. The van der Waals surface area contributed by atoms with Gasteiger partial charge in [0.1, 0.15) is 0 Å². The molecule has 1 heterocycles. The molecule has 0 saturated heterocycles. The third-order valence-electron chi connectivity index (χ3n) is 2.78. The fraction of sp³-hybridized carbons (Fsp3) is 0.417. The number of aliphatic carboxylic acids is 1. The number of nitrogens with one attached hydrogen (secondary N) is 1. The van der Waals surface area contributed by atoms with E-state index in [0.717, 1.165) is 16.1 Å². The van der Waals surface area contributed by atoms with Crippen LogP contribution in [0.25, 0.3) is 0 Å². The van der Waals surface area contributed by atoms with Gasteiger partial charge in [-0.3, -0.25) is 4.79 Å². The van der Waals surface area contributed by atoms with E-state index in [1.54, 1.807) is 11.8 Å². The van der Waals surface area contributed by atoms with E-state index >= 15 is 0 Å². The molecule has 1 aliphatic rings. The molecule has 92 valence electrons. The number of rotatable bonds is 2. The van der Waals surface area contributed by atoms with Gasteiger partial charge in [-0.2, -0.15) is 0 Å². The van der Waals surface area contributed by atoms with Crippen molar-refractivity contribution in [1.29, 1.82) is 0 Å². The molecule has 0 spiro atoms. The van der Waals surface area contributed by atoms with Gasteiger partial charge in [0.2, 0.25) is 0 Å². The first-order valence-electron chi connectivity index (χ1n) is 5.42. The predicted molar refractivity (Wildman–Crippen MR) is 71.2 cm³/mol. The van der Waals surface area contributed by atoms with Crippen LogP contribution in [0.3, 0.4) is 0 Å². The first-order chi connectivity index (χ1) is 7.97. The minimum absolute atomic E-state index is 0.0397. The zero-order chi connectivity index (χ0) is 12.6. The maximum Gasteiger partial charge on any atom is 0.304 e. The number of fused-ring (bicyclic) bond motifs is 1. The van der Waals surface area contributed by atoms with Gasteiger partial charge < -0.3 is 10.4 Å². The molecule has 0 fully saturated rings. The van der Waals surface area contributed by atoms with Crippen LogP contribution in [0.1, 0.15) is 18.9 Å². The summed E-state index contributed by atoms with van der Waals surface area (Å²) in [7, 11) is 0. The Morgan fingerprint density at radius 2 is 2.29 bits per heavy atom. The molecule has 1 aliphatic heterocycles. The Bertz CT molecular complexity index is 464. The first-order valence-corrected chi connectivity index (χ1v) is 6.68. The van der Waals surface area contributed by atoms with Crippen molar-refractivity contribution < 1.29 is 9.90 Å². The van der Waals surface area contributed by atoms with Crippen LogP contribution in [0.15, 0.2) is 17.0 Å². The quantitative estimate of drug-likeness (QED) is 0.866. The number of benzene rings is 1. The Morgan fingerprint density at radius 1 is 1.59 bits per heavy atom. The van der Waals surface area contributed by atoms with Crippen LogP contribution in [0.2, 0.25) is 5.02 Å². The molecule has 0 aromatic heterocycles. The standard InChI is InChI=1S/C12H14ClNO2S/c1-6-3-8(13)12-10(4-6)17-9(5-11(15)16)7(2)14-12/h3-4,7,9,14H,5H2,1-2H3,(H,15,16). The molecule has 2 unspecified atom stereocenters. The summed E-state index contributed by atoms with van der Waals surface area (Å²) in [5.41, 5.74) is 2.02.